The van der Waals surface area contributed by atoms with Crippen molar-refractivity contribution in [2.45, 2.75) is 6.10 Å². The molecule has 0 radical (unpaired) electrons. The number of nitrogens with zero attached hydrogens (tertiary/aromatic N) is 2. The first-order valence-electron chi connectivity index (χ1n) is 9.41. The number of fused-ring (bicyclic) bond motifs is 2. The maximum absolute atomic E-state index is 9.84. The number of benzene rings is 3. The predicted molar refractivity (Wildman–Crippen MR) is 114 cm³/mol. The van der Waals surface area contributed by atoms with Gasteiger partial charge in [-0.15, -0.1) is 0 Å². The van der Waals surface area contributed by atoms with E-state index < -0.39 is 0 Å². The summed E-state index contributed by atoms with van der Waals surface area (Å²) in [6.07, 6.45) is 3.65. The molecule has 0 amide bonds. The average Bonchev–Trinajstić information content (AvgIpc) is 3.21. The van der Waals surface area contributed by atoms with E-state index >= 15 is 0 Å². The maximum atomic E-state index is 9.84. The lowest BCUT2D eigenvalue weighted by Gasteiger charge is -2.26. The van der Waals surface area contributed by atoms with Crippen LogP contribution < -0.4 is 4.74 Å². The van der Waals surface area contributed by atoms with Crippen molar-refractivity contribution < 1.29 is 4.74 Å². The van der Waals surface area contributed by atoms with Crippen LogP contribution in [0.1, 0.15) is 23.1 Å². The van der Waals surface area contributed by atoms with Crippen molar-refractivity contribution in [2.24, 2.45) is 0 Å². The van der Waals surface area contributed by atoms with Crippen LogP contribution in [0.15, 0.2) is 90.5 Å². The second kappa shape index (κ2) is 7.14. The van der Waals surface area contributed by atoms with Crippen molar-refractivity contribution in [1.82, 2.24) is 9.97 Å². The first-order valence-corrected chi connectivity index (χ1v) is 9.41. The zero-order valence-electron chi connectivity index (χ0n) is 15.5. The van der Waals surface area contributed by atoms with Crippen LogP contribution in [0.25, 0.3) is 22.7 Å². The average molecular weight is 375 g/mol. The molecule has 0 fully saturated rings. The Hall–Kier alpha value is -4.10. The Labute approximate surface area is 168 Å². The van der Waals surface area contributed by atoms with Gasteiger partial charge in [0.25, 0.3) is 0 Å². The highest BCUT2D eigenvalue weighted by molar-refractivity contribution is 5.84. The van der Waals surface area contributed by atoms with Crippen molar-refractivity contribution in [3.8, 4) is 11.8 Å². The number of imidazole rings is 1. The fraction of sp³-hybridized carbons (Fsp3) is 0.0400. The number of nitriles is 1. The van der Waals surface area contributed by atoms with Crippen molar-refractivity contribution in [1.29, 1.82) is 5.26 Å². The Morgan fingerprint density at radius 3 is 2.55 bits per heavy atom. The second-order valence-corrected chi connectivity index (χ2v) is 6.86. The normalized spacial score (nSPS) is 15.9. The number of aromatic amines is 1. The Kier molecular flexibility index (Phi) is 4.19. The van der Waals surface area contributed by atoms with Crippen LogP contribution in [0, 0.1) is 11.3 Å². The molecule has 5 rings (SSSR count). The summed E-state index contributed by atoms with van der Waals surface area (Å²) in [5, 5.41) is 9.84. The van der Waals surface area contributed by atoms with E-state index in [0.717, 1.165) is 33.5 Å². The Balaban J connectivity index is 1.63. The SMILES string of the molecule is N#CC(=CC1=Cc2ccccc2OC1c1ccccc1)c1nc2ccccc2[nH]1. The summed E-state index contributed by atoms with van der Waals surface area (Å²) in [5.41, 5.74) is 5.15. The highest BCUT2D eigenvalue weighted by Crippen LogP contribution is 2.38. The number of hydrogen-bond acceptors (Lipinski definition) is 3. The molecule has 1 atom stereocenters. The lowest BCUT2D eigenvalue weighted by atomic mass is 9.94. The molecule has 4 heteroatoms. The highest BCUT2D eigenvalue weighted by Gasteiger charge is 2.24. The number of hydrogen-bond donors (Lipinski definition) is 1. The molecule has 0 saturated heterocycles. The van der Waals surface area contributed by atoms with E-state index in [-0.39, 0.29) is 6.10 Å². The zero-order valence-corrected chi connectivity index (χ0v) is 15.5. The van der Waals surface area contributed by atoms with Gasteiger partial charge < -0.3 is 9.72 Å². The summed E-state index contributed by atoms with van der Waals surface area (Å²) < 4.78 is 6.32. The number of rotatable bonds is 3. The molecule has 1 aromatic heterocycles. The van der Waals surface area contributed by atoms with Crippen LogP contribution >= 0.6 is 0 Å². The Bertz CT molecular complexity index is 1260. The Morgan fingerprint density at radius 1 is 0.966 bits per heavy atom. The van der Waals surface area contributed by atoms with Crippen molar-refractivity contribution in [3.63, 3.8) is 0 Å². The standard InChI is InChI=1S/C25H17N3O/c26-16-20(25-27-21-11-5-6-12-22(21)28-25)15-19-14-18-10-4-7-13-23(18)29-24(19)17-8-2-1-3-9-17/h1-15,24H,(H,27,28). The first-order chi connectivity index (χ1) is 14.3. The molecule has 0 bridgehead atoms. The predicted octanol–water partition coefficient (Wildman–Crippen LogP) is 5.69. The van der Waals surface area contributed by atoms with Gasteiger partial charge in [0.1, 0.15) is 23.7 Å². The lowest BCUT2D eigenvalue weighted by Crippen LogP contribution is -2.14. The quantitative estimate of drug-likeness (QED) is 0.468. The molecule has 138 valence electrons. The van der Waals surface area contributed by atoms with Crippen molar-refractivity contribution >= 4 is 22.7 Å². The largest absolute Gasteiger partial charge is 0.480 e. The molecule has 29 heavy (non-hydrogen) atoms. The van der Waals surface area contributed by atoms with Gasteiger partial charge >= 0.3 is 0 Å². The molecule has 1 unspecified atom stereocenters. The number of allylic oxidation sites excluding steroid dienone is 1. The van der Waals surface area contributed by atoms with Crippen molar-refractivity contribution in [3.05, 3.63) is 107 Å². The molecule has 4 nitrogen and oxygen atoms in total. The topological polar surface area (TPSA) is 61.7 Å². The number of aromatic nitrogens is 2. The molecule has 0 saturated carbocycles. The Morgan fingerprint density at radius 2 is 1.72 bits per heavy atom. The summed E-state index contributed by atoms with van der Waals surface area (Å²) >= 11 is 0. The van der Waals surface area contributed by atoms with Gasteiger partial charge in [-0.2, -0.15) is 5.26 Å². The van der Waals surface area contributed by atoms with Crippen LogP contribution in [-0.2, 0) is 0 Å². The van der Waals surface area contributed by atoms with Crippen LogP contribution in [0.2, 0.25) is 0 Å². The minimum Gasteiger partial charge on any atom is -0.480 e. The smallest absolute Gasteiger partial charge is 0.149 e. The van der Waals surface area contributed by atoms with E-state index in [0.29, 0.717) is 11.4 Å². The van der Waals surface area contributed by atoms with Crippen molar-refractivity contribution in [2.75, 3.05) is 0 Å². The lowest BCUT2D eigenvalue weighted by molar-refractivity contribution is 0.243. The van der Waals surface area contributed by atoms with E-state index in [2.05, 4.69) is 22.1 Å². The first kappa shape index (κ1) is 17.0. The van der Waals surface area contributed by atoms with E-state index in [1.54, 1.807) is 0 Å². The molecule has 4 aromatic rings. The summed E-state index contributed by atoms with van der Waals surface area (Å²) in [6, 6.07) is 28.0. The molecule has 1 aliphatic heterocycles. The molecule has 0 aliphatic carbocycles. The summed E-state index contributed by atoms with van der Waals surface area (Å²) in [6.45, 7) is 0. The van der Waals surface area contributed by atoms with Gasteiger partial charge in [0.2, 0.25) is 0 Å². The molecular weight excluding hydrogens is 358 g/mol. The van der Waals surface area contributed by atoms with Gasteiger partial charge in [-0.25, -0.2) is 4.98 Å². The minimum absolute atomic E-state index is 0.293. The summed E-state index contributed by atoms with van der Waals surface area (Å²) in [5.74, 6) is 1.39. The van der Waals surface area contributed by atoms with Gasteiger partial charge in [-0.1, -0.05) is 60.7 Å². The molecular formula is C25H17N3O. The fourth-order valence-corrected chi connectivity index (χ4v) is 3.56. The van der Waals surface area contributed by atoms with Gasteiger partial charge in [-0.05, 0) is 41.5 Å². The number of para-hydroxylation sites is 3. The number of H-pyrrole nitrogens is 1. The van der Waals surface area contributed by atoms with Gasteiger partial charge in [0, 0.05) is 5.56 Å². The monoisotopic (exact) mass is 375 g/mol. The fourth-order valence-electron chi connectivity index (χ4n) is 3.56. The number of nitrogens with one attached hydrogen (secondary N) is 1. The molecule has 0 spiro atoms. The third-order valence-corrected chi connectivity index (χ3v) is 4.97. The van der Waals surface area contributed by atoms with Crippen LogP contribution in [0.3, 0.4) is 0 Å². The molecule has 2 heterocycles. The summed E-state index contributed by atoms with van der Waals surface area (Å²) in [7, 11) is 0. The zero-order chi connectivity index (χ0) is 19.6. The van der Waals surface area contributed by atoms with Crippen LogP contribution in [0.4, 0.5) is 0 Å². The van der Waals surface area contributed by atoms with E-state index in [1.165, 1.54) is 0 Å². The summed E-state index contributed by atoms with van der Waals surface area (Å²) in [4.78, 5) is 7.82. The van der Waals surface area contributed by atoms with Gasteiger partial charge in [-0.3, -0.25) is 0 Å². The van der Waals surface area contributed by atoms with Crippen LogP contribution in [-0.4, -0.2) is 9.97 Å². The van der Waals surface area contributed by atoms with E-state index in [1.807, 2.05) is 84.9 Å². The number of ether oxygens (including phenoxy) is 1. The van der Waals surface area contributed by atoms with Gasteiger partial charge in [0.05, 0.1) is 16.6 Å². The highest BCUT2D eigenvalue weighted by atomic mass is 16.5. The molecule has 1 aliphatic rings. The third kappa shape index (κ3) is 3.19. The molecule has 3 aromatic carbocycles. The minimum atomic E-state index is -0.293. The molecule has 1 N–H and O–H groups in total. The maximum Gasteiger partial charge on any atom is 0.149 e. The van der Waals surface area contributed by atoms with E-state index in [9.17, 15) is 5.26 Å². The second-order valence-electron chi connectivity index (χ2n) is 6.86. The van der Waals surface area contributed by atoms with Gasteiger partial charge in [0.15, 0.2) is 0 Å². The third-order valence-electron chi connectivity index (χ3n) is 4.97. The van der Waals surface area contributed by atoms with Crippen LogP contribution in [0.5, 0.6) is 5.75 Å². The van der Waals surface area contributed by atoms with E-state index in [4.69, 9.17) is 4.74 Å².